The first kappa shape index (κ1) is 13.1. The minimum atomic E-state index is -0.0785. The van der Waals surface area contributed by atoms with Crippen molar-refractivity contribution in [2.24, 2.45) is 5.92 Å². The predicted molar refractivity (Wildman–Crippen MR) is 71.1 cm³/mol. The topological polar surface area (TPSA) is 29.5 Å². The van der Waals surface area contributed by atoms with Gasteiger partial charge >= 0.3 is 5.97 Å². The van der Waals surface area contributed by atoms with Crippen LogP contribution in [0.2, 0.25) is 0 Å². The molecule has 0 amide bonds. The Morgan fingerprint density at radius 2 is 2.06 bits per heavy atom. The van der Waals surface area contributed by atoms with Crippen LogP contribution in [-0.2, 0) is 9.53 Å². The number of esters is 1. The van der Waals surface area contributed by atoms with Gasteiger partial charge in [0, 0.05) is 12.1 Å². The molecule has 3 heteroatoms. The lowest BCUT2D eigenvalue weighted by Crippen LogP contribution is -2.35. The maximum atomic E-state index is 11.7. The largest absolute Gasteiger partial charge is 0.469 e. The lowest BCUT2D eigenvalue weighted by molar-refractivity contribution is -0.146. The molecule has 0 bridgehead atoms. The van der Waals surface area contributed by atoms with E-state index in [1.165, 1.54) is 12.7 Å². The Hall–Kier alpha value is -1.35. The molecule has 0 aromatic heterocycles. The molecule has 0 unspecified atom stereocenters. The van der Waals surface area contributed by atoms with Crippen LogP contribution in [0.25, 0.3) is 0 Å². The highest BCUT2D eigenvalue weighted by Gasteiger charge is 2.38. The van der Waals surface area contributed by atoms with Crippen molar-refractivity contribution in [2.75, 3.05) is 13.7 Å². The summed E-state index contributed by atoms with van der Waals surface area (Å²) in [6.45, 7) is 5.27. The van der Waals surface area contributed by atoms with Gasteiger partial charge in [-0.3, -0.25) is 9.69 Å². The molecule has 3 atom stereocenters. The van der Waals surface area contributed by atoms with Crippen molar-refractivity contribution in [1.29, 1.82) is 0 Å². The summed E-state index contributed by atoms with van der Waals surface area (Å²) in [5.41, 5.74) is 1.30. The third-order valence-electron chi connectivity index (χ3n) is 4.09. The summed E-state index contributed by atoms with van der Waals surface area (Å²) in [4.78, 5) is 14.1. The van der Waals surface area contributed by atoms with Gasteiger partial charge in [-0.15, -0.1) is 0 Å². The van der Waals surface area contributed by atoms with Crippen molar-refractivity contribution in [1.82, 2.24) is 4.90 Å². The molecule has 98 valence electrons. The van der Waals surface area contributed by atoms with Gasteiger partial charge in [0.1, 0.15) is 0 Å². The Morgan fingerprint density at radius 3 is 2.67 bits per heavy atom. The summed E-state index contributed by atoms with van der Waals surface area (Å²) in [5.74, 6) is -0.0635. The minimum absolute atomic E-state index is 0.0150. The first-order valence-electron chi connectivity index (χ1n) is 6.53. The zero-order valence-electron chi connectivity index (χ0n) is 11.3. The second-order valence-electron chi connectivity index (χ2n) is 4.98. The number of rotatable bonds is 3. The Morgan fingerprint density at radius 1 is 1.39 bits per heavy atom. The number of carbonyl (C=O) groups excluding carboxylic acids is 1. The summed E-state index contributed by atoms with van der Waals surface area (Å²) in [6, 6.07) is 11.0. The van der Waals surface area contributed by atoms with Crippen LogP contribution in [0.3, 0.4) is 0 Å². The van der Waals surface area contributed by atoms with Gasteiger partial charge < -0.3 is 4.74 Å². The van der Waals surface area contributed by atoms with Crippen LogP contribution in [0.4, 0.5) is 0 Å². The predicted octanol–water partition coefficient (Wildman–Crippen LogP) is 2.63. The monoisotopic (exact) mass is 247 g/mol. The van der Waals surface area contributed by atoms with E-state index >= 15 is 0 Å². The summed E-state index contributed by atoms with van der Waals surface area (Å²) in [5, 5.41) is 0. The maximum absolute atomic E-state index is 11.7. The lowest BCUT2D eigenvalue weighted by atomic mass is 10.0. The molecule has 0 aliphatic carbocycles. The molecule has 1 heterocycles. The van der Waals surface area contributed by atoms with E-state index in [9.17, 15) is 4.79 Å². The van der Waals surface area contributed by atoms with Crippen LogP contribution in [-0.4, -0.2) is 30.6 Å². The molecule has 0 spiro atoms. The third kappa shape index (κ3) is 2.41. The number of methoxy groups -OCH3 is 1. The van der Waals surface area contributed by atoms with Crippen LogP contribution in [0.5, 0.6) is 0 Å². The molecule has 1 saturated heterocycles. The van der Waals surface area contributed by atoms with Crippen molar-refractivity contribution in [3.63, 3.8) is 0 Å². The van der Waals surface area contributed by atoms with Crippen molar-refractivity contribution in [3.8, 4) is 0 Å². The van der Waals surface area contributed by atoms with Crippen molar-refractivity contribution in [2.45, 2.75) is 32.4 Å². The highest BCUT2D eigenvalue weighted by atomic mass is 16.5. The summed E-state index contributed by atoms with van der Waals surface area (Å²) in [6.07, 6.45) is 0.894. The molecule has 18 heavy (non-hydrogen) atoms. The quantitative estimate of drug-likeness (QED) is 0.769. The molecule has 0 radical (unpaired) electrons. The van der Waals surface area contributed by atoms with Crippen LogP contribution in [0.1, 0.15) is 31.9 Å². The minimum Gasteiger partial charge on any atom is -0.469 e. The average molecular weight is 247 g/mol. The smallest absolute Gasteiger partial charge is 0.310 e. The Balaban J connectivity index is 2.09. The van der Waals surface area contributed by atoms with E-state index in [0.29, 0.717) is 6.04 Å². The zero-order chi connectivity index (χ0) is 13.1. The van der Waals surface area contributed by atoms with Gasteiger partial charge in [-0.05, 0) is 32.4 Å². The van der Waals surface area contributed by atoms with E-state index < -0.39 is 0 Å². The number of ether oxygens (including phenoxy) is 1. The van der Waals surface area contributed by atoms with Gasteiger partial charge in [0.05, 0.1) is 13.0 Å². The van der Waals surface area contributed by atoms with Gasteiger partial charge in [-0.25, -0.2) is 0 Å². The fourth-order valence-electron chi connectivity index (χ4n) is 2.90. The molecule has 1 aromatic carbocycles. The van der Waals surface area contributed by atoms with Gasteiger partial charge in [0.2, 0.25) is 0 Å². The maximum Gasteiger partial charge on any atom is 0.310 e. The van der Waals surface area contributed by atoms with E-state index in [4.69, 9.17) is 4.74 Å². The Kier molecular flexibility index (Phi) is 4.02. The fraction of sp³-hybridized carbons (Fsp3) is 0.533. The molecule has 3 nitrogen and oxygen atoms in total. The number of hydrogen-bond acceptors (Lipinski definition) is 3. The average Bonchev–Trinajstić information content (AvgIpc) is 2.80. The van der Waals surface area contributed by atoms with Crippen LogP contribution in [0.15, 0.2) is 30.3 Å². The Labute approximate surface area is 109 Å². The molecule has 0 saturated carbocycles. The SMILES string of the molecule is COC(=O)[C@@H]1CCN([C@@H](C)c2ccccc2)[C@@H]1C. The molecule has 2 rings (SSSR count). The number of nitrogens with zero attached hydrogens (tertiary/aromatic N) is 1. The third-order valence-corrected chi connectivity index (χ3v) is 4.09. The normalized spacial score (nSPS) is 25.9. The molecule has 1 aliphatic rings. The first-order chi connectivity index (χ1) is 8.65. The summed E-state index contributed by atoms with van der Waals surface area (Å²) < 4.78 is 4.87. The second kappa shape index (κ2) is 5.53. The fourth-order valence-corrected chi connectivity index (χ4v) is 2.90. The van der Waals surface area contributed by atoms with E-state index in [1.54, 1.807) is 0 Å². The number of benzene rings is 1. The number of carbonyl (C=O) groups is 1. The molecule has 1 fully saturated rings. The standard InChI is InChI=1S/C15H21NO2/c1-11(13-7-5-4-6-8-13)16-10-9-14(12(16)2)15(17)18-3/h4-8,11-12,14H,9-10H2,1-3H3/t11-,12+,14+/m0/s1. The van der Waals surface area contributed by atoms with Crippen molar-refractivity contribution in [3.05, 3.63) is 35.9 Å². The van der Waals surface area contributed by atoms with E-state index in [1.807, 2.05) is 6.07 Å². The summed E-state index contributed by atoms with van der Waals surface area (Å²) >= 11 is 0. The number of hydrogen-bond donors (Lipinski definition) is 0. The van der Waals surface area contributed by atoms with Gasteiger partial charge in [-0.1, -0.05) is 30.3 Å². The molecule has 1 aromatic rings. The molecular formula is C15H21NO2. The van der Waals surface area contributed by atoms with E-state index in [2.05, 4.69) is 43.0 Å². The van der Waals surface area contributed by atoms with Crippen molar-refractivity contribution >= 4 is 5.97 Å². The first-order valence-corrected chi connectivity index (χ1v) is 6.53. The van der Waals surface area contributed by atoms with Crippen LogP contribution >= 0.6 is 0 Å². The van der Waals surface area contributed by atoms with E-state index in [-0.39, 0.29) is 17.9 Å². The molecule has 0 N–H and O–H groups in total. The van der Waals surface area contributed by atoms with Gasteiger partial charge in [0.15, 0.2) is 0 Å². The molecular weight excluding hydrogens is 226 g/mol. The van der Waals surface area contributed by atoms with Gasteiger partial charge in [0.25, 0.3) is 0 Å². The second-order valence-corrected chi connectivity index (χ2v) is 4.98. The van der Waals surface area contributed by atoms with Crippen LogP contribution < -0.4 is 0 Å². The lowest BCUT2D eigenvalue weighted by Gasteiger charge is -2.30. The van der Waals surface area contributed by atoms with Crippen LogP contribution in [0, 0.1) is 5.92 Å². The van der Waals surface area contributed by atoms with Gasteiger partial charge in [-0.2, -0.15) is 0 Å². The highest BCUT2D eigenvalue weighted by Crippen LogP contribution is 2.32. The summed E-state index contributed by atoms with van der Waals surface area (Å²) in [7, 11) is 1.47. The van der Waals surface area contributed by atoms with E-state index in [0.717, 1.165) is 13.0 Å². The molecule has 1 aliphatic heterocycles. The zero-order valence-corrected chi connectivity index (χ0v) is 11.3. The highest BCUT2D eigenvalue weighted by molar-refractivity contribution is 5.73. The Bertz CT molecular complexity index is 404. The van der Waals surface area contributed by atoms with Crippen molar-refractivity contribution < 1.29 is 9.53 Å². The number of likely N-dealkylation sites (tertiary alicyclic amines) is 1.